The number of aryl methyl sites for hydroxylation is 1. The molecule has 2 aromatic carbocycles. The largest absolute Gasteiger partial charge is 0.321 e. The molecule has 0 fully saturated rings. The van der Waals surface area contributed by atoms with Gasteiger partial charge in [-0.25, -0.2) is 0 Å². The molecule has 0 saturated heterocycles. The first-order chi connectivity index (χ1) is 14.5. The number of nitrogens with zero attached hydrogens (tertiary/aromatic N) is 2. The number of fused-ring (bicyclic) bond motifs is 1. The van der Waals surface area contributed by atoms with Crippen LogP contribution in [0.1, 0.15) is 57.3 Å². The molecule has 5 heteroatoms. The molecule has 0 bridgehead atoms. The van der Waals surface area contributed by atoms with E-state index in [1.54, 1.807) is 17.0 Å². The van der Waals surface area contributed by atoms with E-state index in [2.05, 4.69) is 24.1 Å². The van der Waals surface area contributed by atoms with Crippen molar-refractivity contribution in [2.24, 2.45) is 0 Å². The fourth-order valence-corrected chi connectivity index (χ4v) is 3.90. The van der Waals surface area contributed by atoms with Crippen molar-refractivity contribution in [3.8, 4) is 0 Å². The second kappa shape index (κ2) is 8.11. The molecule has 3 aromatic rings. The normalized spacial score (nSPS) is 12.7. The highest BCUT2D eigenvalue weighted by atomic mass is 16.2. The summed E-state index contributed by atoms with van der Waals surface area (Å²) in [6.45, 7) is 6.80. The average molecular weight is 399 g/mol. The summed E-state index contributed by atoms with van der Waals surface area (Å²) in [4.78, 5) is 32.0. The number of benzene rings is 2. The summed E-state index contributed by atoms with van der Waals surface area (Å²) >= 11 is 0. The minimum Gasteiger partial charge on any atom is -0.321 e. The second-order valence-corrected chi connectivity index (χ2v) is 7.91. The number of pyridine rings is 1. The number of hydrogen-bond donors (Lipinski definition) is 1. The maximum atomic E-state index is 13.1. The van der Waals surface area contributed by atoms with E-state index in [1.165, 1.54) is 6.20 Å². The fraction of sp³-hybridized carbons (Fsp3) is 0.240. The molecule has 0 aliphatic carbocycles. The topological polar surface area (TPSA) is 62.3 Å². The van der Waals surface area contributed by atoms with Gasteiger partial charge in [0.1, 0.15) is 5.69 Å². The van der Waals surface area contributed by atoms with Crippen molar-refractivity contribution >= 4 is 23.2 Å². The summed E-state index contributed by atoms with van der Waals surface area (Å²) < 4.78 is 0. The standard InChI is InChI=1S/C25H25N3O2/c1-16(2)20-9-6-7-17(3)23(20)27-24(29)19-11-13-26-21(15-19)25(30)28-14-12-18-8-4-5-10-22(18)28/h4-11,13,15-16H,12,14H2,1-3H3,(H,27,29). The average Bonchev–Trinajstić information content (AvgIpc) is 3.18. The highest BCUT2D eigenvalue weighted by Gasteiger charge is 2.26. The fourth-order valence-electron chi connectivity index (χ4n) is 3.90. The maximum Gasteiger partial charge on any atom is 0.276 e. The van der Waals surface area contributed by atoms with Gasteiger partial charge in [-0.1, -0.05) is 50.2 Å². The number of nitrogens with one attached hydrogen (secondary N) is 1. The molecule has 5 nitrogen and oxygen atoms in total. The molecule has 1 aromatic heterocycles. The Labute approximate surface area is 176 Å². The van der Waals surface area contributed by atoms with Gasteiger partial charge in [0.05, 0.1) is 0 Å². The summed E-state index contributed by atoms with van der Waals surface area (Å²) in [6, 6.07) is 17.1. The van der Waals surface area contributed by atoms with Crippen LogP contribution in [-0.4, -0.2) is 23.3 Å². The molecule has 0 atom stereocenters. The molecular weight excluding hydrogens is 374 g/mol. The van der Waals surface area contributed by atoms with Gasteiger partial charge in [0.2, 0.25) is 0 Å². The zero-order valence-corrected chi connectivity index (χ0v) is 17.5. The van der Waals surface area contributed by atoms with E-state index >= 15 is 0 Å². The number of aromatic nitrogens is 1. The smallest absolute Gasteiger partial charge is 0.276 e. The third-order valence-electron chi connectivity index (χ3n) is 5.54. The van der Waals surface area contributed by atoms with Crippen molar-refractivity contribution in [3.63, 3.8) is 0 Å². The van der Waals surface area contributed by atoms with Gasteiger partial charge >= 0.3 is 0 Å². The molecule has 0 spiro atoms. The molecule has 0 saturated carbocycles. The third kappa shape index (κ3) is 3.71. The monoisotopic (exact) mass is 399 g/mol. The van der Waals surface area contributed by atoms with Crippen molar-refractivity contribution in [3.05, 3.63) is 88.7 Å². The first-order valence-corrected chi connectivity index (χ1v) is 10.2. The maximum absolute atomic E-state index is 13.1. The van der Waals surface area contributed by atoms with Crippen molar-refractivity contribution < 1.29 is 9.59 Å². The summed E-state index contributed by atoms with van der Waals surface area (Å²) in [5.41, 5.74) is 5.68. The van der Waals surface area contributed by atoms with E-state index in [4.69, 9.17) is 0 Å². The van der Waals surface area contributed by atoms with Crippen LogP contribution >= 0.6 is 0 Å². The van der Waals surface area contributed by atoms with E-state index < -0.39 is 0 Å². The Kier molecular flexibility index (Phi) is 5.36. The molecule has 4 rings (SSSR count). The van der Waals surface area contributed by atoms with Crippen LogP contribution in [-0.2, 0) is 6.42 Å². The lowest BCUT2D eigenvalue weighted by Crippen LogP contribution is -2.30. The molecular formula is C25H25N3O2. The Morgan fingerprint density at radius 3 is 2.67 bits per heavy atom. The van der Waals surface area contributed by atoms with Gasteiger partial charge in [0.15, 0.2) is 0 Å². The van der Waals surface area contributed by atoms with E-state index in [0.717, 1.165) is 34.5 Å². The van der Waals surface area contributed by atoms with Gasteiger partial charge in [0.25, 0.3) is 11.8 Å². The SMILES string of the molecule is Cc1cccc(C(C)C)c1NC(=O)c1ccnc(C(=O)N2CCc3ccccc32)c1. The van der Waals surface area contributed by atoms with Crippen LogP contribution in [0.3, 0.4) is 0 Å². The number of amides is 2. The first kappa shape index (κ1) is 19.8. The van der Waals surface area contributed by atoms with E-state index in [9.17, 15) is 9.59 Å². The van der Waals surface area contributed by atoms with Gasteiger partial charge in [-0.05, 0) is 54.2 Å². The van der Waals surface area contributed by atoms with Gasteiger partial charge in [-0.2, -0.15) is 0 Å². The summed E-state index contributed by atoms with van der Waals surface area (Å²) in [6.07, 6.45) is 2.35. The van der Waals surface area contributed by atoms with Crippen LogP contribution in [0.5, 0.6) is 0 Å². The Morgan fingerprint density at radius 2 is 1.87 bits per heavy atom. The quantitative estimate of drug-likeness (QED) is 0.674. The molecule has 1 aliphatic heterocycles. The van der Waals surface area contributed by atoms with Crippen LogP contribution in [0, 0.1) is 6.92 Å². The van der Waals surface area contributed by atoms with Gasteiger partial charge in [0, 0.05) is 29.7 Å². The van der Waals surface area contributed by atoms with Crippen molar-refractivity contribution in [1.29, 1.82) is 0 Å². The molecule has 2 heterocycles. The minimum atomic E-state index is -0.246. The lowest BCUT2D eigenvalue weighted by Gasteiger charge is -2.18. The number of carbonyl (C=O) groups excluding carboxylic acids is 2. The summed E-state index contributed by atoms with van der Waals surface area (Å²) in [5, 5.41) is 3.04. The predicted molar refractivity (Wildman–Crippen MR) is 119 cm³/mol. The molecule has 1 N–H and O–H groups in total. The van der Waals surface area contributed by atoms with Gasteiger partial charge in [-0.15, -0.1) is 0 Å². The van der Waals surface area contributed by atoms with Crippen molar-refractivity contribution in [1.82, 2.24) is 4.98 Å². The Hall–Kier alpha value is -3.47. The zero-order valence-electron chi connectivity index (χ0n) is 17.5. The number of hydrogen-bond acceptors (Lipinski definition) is 3. The van der Waals surface area contributed by atoms with E-state index in [1.807, 2.05) is 49.4 Å². The molecule has 0 unspecified atom stereocenters. The Morgan fingerprint density at radius 1 is 1.07 bits per heavy atom. The minimum absolute atomic E-state index is 0.187. The molecule has 1 aliphatic rings. The Balaban J connectivity index is 1.59. The molecule has 2 amide bonds. The number of rotatable bonds is 4. The van der Waals surface area contributed by atoms with Crippen LogP contribution in [0.4, 0.5) is 11.4 Å². The highest BCUT2D eigenvalue weighted by molar-refractivity contribution is 6.09. The lowest BCUT2D eigenvalue weighted by molar-refractivity contribution is 0.0984. The number of anilines is 2. The Bertz CT molecular complexity index is 1120. The van der Waals surface area contributed by atoms with Crippen LogP contribution in [0.15, 0.2) is 60.8 Å². The van der Waals surface area contributed by atoms with Crippen molar-refractivity contribution in [2.45, 2.75) is 33.1 Å². The zero-order chi connectivity index (χ0) is 21.3. The van der Waals surface area contributed by atoms with Crippen LogP contribution in [0.25, 0.3) is 0 Å². The lowest BCUT2D eigenvalue weighted by atomic mass is 9.98. The number of carbonyl (C=O) groups is 2. The van der Waals surface area contributed by atoms with Crippen LogP contribution in [0.2, 0.25) is 0 Å². The van der Waals surface area contributed by atoms with E-state index in [0.29, 0.717) is 12.1 Å². The summed E-state index contributed by atoms with van der Waals surface area (Å²) in [5.74, 6) is -0.150. The molecule has 152 valence electrons. The summed E-state index contributed by atoms with van der Waals surface area (Å²) in [7, 11) is 0. The van der Waals surface area contributed by atoms with Gasteiger partial charge in [-0.3, -0.25) is 14.6 Å². The van der Waals surface area contributed by atoms with E-state index in [-0.39, 0.29) is 23.4 Å². The molecule has 30 heavy (non-hydrogen) atoms. The third-order valence-corrected chi connectivity index (χ3v) is 5.54. The first-order valence-electron chi connectivity index (χ1n) is 10.2. The van der Waals surface area contributed by atoms with Crippen LogP contribution < -0.4 is 10.2 Å². The molecule has 0 radical (unpaired) electrons. The van der Waals surface area contributed by atoms with Gasteiger partial charge < -0.3 is 10.2 Å². The second-order valence-electron chi connectivity index (χ2n) is 7.91. The number of para-hydroxylation sites is 2. The van der Waals surface area contributed by atoms with Crippen molar-refractivity contribution in [2.75, 3.05) is 16.8 Å². The highest BCUT2D eigenvalue weighted by Crippen LogP contribution is 2.29. The predicted octanol–water partition coefficient (Wildman–Crippen LogP) is 4.97.